The number of halogens is 2. The van der Waals surface area contributed by atoms with Gasteiger partial charge in [0.15, 0.2) is 10.7 Å². The average molecular weight is 632 g/mol. The van der Waals surface area contributed by atoms with Crippen LogP contribution in [0.25, 0.3) is 22.6 Å². The summed E-state index contributed by atoms with van der Waals surface area (Å²) in [6.07, 6.45) is 0. The topological polar surface area (TPSA) is 79.6 Å². The number of carbonyl (C=O) groups excluding carboxylic acids is 1. The second-order valence-electron chi connectivity index (χ2n) is 7.80. The van der Waals surface area contributed by atoms with E-state index in [1.54, 1.807) is 12.1 Å². The van der Waals surface area contributed by atoms with Gasteiger partial charge in [-0.1, -0.05) is 15.9 Å². The summed E-state index contributed by atoms with van der Waals surface area (Å²) in [6, 6.07) is 17.1. The number of anilines is 2. The van der Waals surface area contributed by atoms with Crippen molar-refractivity contribution in [2.45, 2.75) is 13.8 Å². The smallest absolute Gasteiger partial charge is 0.261 e. The van der Waals surface area contributed by atoms with E-state index in [0.29, 0.717) is 38.5 Å². The highest BCUT2D eigenvalue weighted by Crippen LogP contribution is 2.33. The van der Waals surface area contributed by atoms with Crippen molar-refractivity contribution in [3.05, 3.63) is 69.1 Å². The molecule has 3 aromatic carbocycles. The van der Waals surface area contributed by atoms with E-state index in [-0.39, 0.29) is 5.11 Å². The highest BCUT2D eigenvalue weighted by molar-refractivity contribution is 9.11. The largest absolute Gasteiger partial charge is 0.495 e. The first kappa shape index (κ1) is 26.1. The van der Waals surface area contributed by atoms with Crippen molar-refractivity contribution < 1.29 is 13.9 Å². The van der Waals surface area contributed by atoms with Crippen molar-refractivity contribution in [2.75, 3.05) is 30.4 Å². The number of methoxy groups -OCH3 is 1. The number of fused-ring (bicyclic) bond motifs is 1. The second-order valence-corrected chi connectivity index (χ2v) is 9.98. The van der Waals surface area contributed by atoms with Crippen LogP contribution in [0, 0.1) is 0 Å². The fourth-order valence-corrected chi connectivity index (χ4v) is 5.40. The lowest BCUT2D eigenvalue weighted by Gasteiger charge is -2.20. The summed E-state index contributed by atoms with van der Waals surface area (Å²) in [4.78, 5) is 19.7. The third-order valence-corrected chi connectivity index (χ3v) is 6.82. The summed E-state index contributed by atoms with van der Waals surface area (Å²) in [5, 5.41) is 5.87. The van der Waals surface area contributed by atoms with Crippen LogP contribution in [0.3, 0.4) is 0 Å². The Hall–Kier alpha value is -2.95. The minimum Gasteiger partial charge on any atom is -0.495 e. The number of ether oxygens (including phenoxy) is 1. The summed E-state index contributed by atoms with van der Waals surface area (Å²) in [5.74, 6) is 0.556. The number of hydrogen-bond donors (Lipinski definition) is 2. The maximum absolute atomic E-state index is 12.8. The van der Waals surface area contributed by atoms with Crippen LogP contribution in [0.5, 0.6) is 5.75 Å². The van der Waals surface area contributed by atoms with Crippen LogP contribution in [0.2, 0.25) is 0 Å². The van der Waals surface area contributed by atoms with Gasteiger partial charge in [0.2, 0.25) is 5.89 Å². The Labute approximate surface area is 231 Å². The normalized spacial score (nSPS) is 10.8. The fourth-order valence-electron chi connectivity index (χ4n) is 3.80. The SMILES string of the molecule is CCN(CC)c1ccc(-c2nc3cc(NC(=S)NC(=O)c4cc(Br)cc(Br)c4OC)ccc3o2)cc1. The van der Waals surface area contributed by atoms with Gasteiger partial charge in [0.25, 0.3) is 5.91 Å². The van der Waals surface area contributed by atoms with Crippen molar-refractivity contribution in [2.24, 2.45) is 0 Å². The molecule has 0 radical (unpaired) electrons. The van der Waals surface area contributed by atoms with Crippen molar-refractivity contribution in [3.63, 3.8) is 0 Å². The van der Waals surface area contributed by atoms with Crippen molar-refractivity contribution in [1.82, 2.24) is 10.3 Å². The zero-order valence-electron chi connectivity index (χ0n) is 19.9. The van der Waals surface area contributed by atoms with Gasteiger partial charge in [-0.3, -0.25) is 10.1 Å². The Balaban J connectivity index is 1.48. The van der Waals surface area contributed by atoms with Gasteiger partial charge in [-0.15, -0.1) is 0 Å². The third kappa shape index (κ3) is 5.71. The molecular formula is C26H24Br2N4O3S. The predicted molar refractivity (Wildman–Crippen MR) is 155 cm³/mol. The Morgan fingerprint density at radius 1 is 1.08 bits per heavy atom. The number of hydrogen-bond acceptors (Lipinski definition) is 6. The number of benzene rings is 3. The maximum atomic E-state index is 12.8. The minimum atomic E-state index is -0.399. The number of carbonyl (C=O) groups is 1. The fraction of sp³-hybridized carbons (Fsp3) is 0.192. The van der Waals surface area contributed by atoms with E-state index < -0.39 is 5.91 Å². The molecule has 1 amide bonds. The van der Waals surface area contributed by atoms with Crippen LogP contribution >= 0.6 is 44.1 Å². The quantitative estimate of drug-likeness (QED) is 0.213. The molecule has 1 aromatic heterocycles. The molecule has 0 atom stereocenters. The lowest BCUT2D eigenvalue weighted by atomic mass is 10.2. The minimum absolute atomic E-state index is 0.146. The number of oxazole rings is 1. The lowest BCUT2D eigenvalue weighted by Crippen LogP contribution is -2.34. The van der Waals surface area contributed by atoms with E-state index in [1.165, 1.54) is 7.11 Å². The second kappa shape index (κ2) is 11.4. The van der Waals surface area contributed by atoms with Gasteiger partial charge in [0.1, 0.15) is 11.3 Å². The van der Waals surface area contributed by atoms with Crippen LogP contribution in [0.1, 0.15) is 24.2 Å². The van der Waals surface area contributed by atoms with Gasteiger partial charge in [-0.25, -0.2) is 4.98 Å². The maximum Gasteiger partial charge on any atom is 0.261 e. The van der Waals surface area contributed by atoms with Gasteiger partial charge in [-0.2, -0.15) is 0 Å². The Bertz CT molecular complexity index is 1420. The molecule has 0 bridgehead atoms. The zero-order chi connectivity index (χ0) is 25.8. The first-order valence-electron chi connectivity index (χ1n) is 11.2. The summed E-state index contributed by atoms with van der Waals surface area (Å²) < 4.78 is 12.7. The van der Waals surface area contributed by atoms with Crippen molar-refractivity contribution >= 4 is 77.6 Å². The standard InChI is InChI=1S/C26H24Br2N4O3S/c1-4-32(5-2)18-9-6-15(7-10-18)25-30-21-14-17(8-11-22(21)35-25)29-26(36)31-24(33)19-12-16(27)13-20(28)23(19)34-3/h6-14H,4-5H2,1-3H3,(H2,29,31,33,36). The van der Waals surface area contributed by atoms with Crippen LogP contribution in [0.4, 0.5) is 11.4 Å². The van der Waals surface area contributed by atoms with E-state index in [0.717, 1.165) is 28.8 Å². The molecule has 0 spiro atoms. The molecular weight excluding hydrogens is 608 g/mol. The van der Waals surface area contributed by atoms with Crippen LogP contribution in [-0.4, -0.2) is 36.2 Å². The van der Waals surface area contributed by atoms with E-state index in [2.05, 4.69) is 78.4 Å². The molecule has 4 rings (SSSR count). The molecule has 4 aromatic rings. The summed E-state index contributed by atoms with van der Waals surface area (Å²) in [6.45, 7) is 6.17. The molecule has 0 aliphatic carbocycles. The molecule has 0 aliphatic rings. The van der Waals surface area contributed by atoms with Gasteiger partial charge in [-0.05, 0) is 96.6 Å². The molecule has 0 saturated carbocycles. The third-order valence-electron chi connectivity index (χ3n) is 5.57. The van der Waals surface area contributed by atoms with Crippen molar-refractivity contribution in [3.8, 4) is 17.2 Å². The van der Waals surface area contributed by atoms with Crippen LogP contribution < -0.4 is 20.3 Å². The Kier molecular flexibility index (Phi) is 8.28. The van der Waals surface area contributed by atoms with E-state index in [9.17, 15) is 4.79 Å². The molecule has 0 saturated heterocycles. The monoisotopic (exact) mass is 630 g/mol. The highest BCUT2D eigenvalue weighted by atomic mass is 79.9. The number of aromatic nitrogens is 1. The number of amides is 1. The van der Waals surface area contributed by atoms with E-state index >= 15 is 0 Å². The van der Waals surface area contributed by atoms with Crippen LogP contribution in [-0.2, 0) is 0 Å². The molecule has 186 valence electrons. The summed E-state index contributed by atoms with van der Waals surface area (Å²) >= 11 is 12.2. The number of thiocarbonyl (C=S) groups is 1. The number of nitrogens with one attached hydrogen (secondary N) is 2. The summed E-state index contributed by atoms with van der Waals surface area (Å²) in [5.41, 5.74) is 4.40. The Morgan fingerprint density at radius 3 is 2.47 bits per heavy atom. The van der Waals surface area contributed by atoms with Gasteiger partial charge in [0, 0.05) is 34.5 Å². The molecule has 0 aliphatic heterocycles. The van der Waals surface area contributed by atoms with Crippen molar-refractivity contribution in [1.29, 1.82) is 0 Å². The predicted octanol–water partition coefficient (Wildman–Crippen LogP) is 7.00. The average Bonchev–Trinajstić information content (AvgIpc) is 3.28. The first-order chi connectivity index (χ1) is 17.3. The molecule has 7 nitrogen and oxygen atoms in total. The molecule has 0 fully saturated rings. The molecule has 36 heavy (non-hydrogen) atoms. The van der Waals surface area contributed by atoms with Gasteiger partial charge in [0.05, 0.1) is 17.1 Å². The van der Waals surface area contributed by atoms with Gasteiger partial charge < -0.3 is 19.4 Å². The molecule has 10 heteroatoms. The highest BCUT2D eigenvalue weighted by Gasteiger charge is 2.18. The lowest BCUT2D eigenvalue weighted by molar-refractivity contribution is 0.0974. The summed E-state index contributed by atoms with van der Waals surface area (Å²) in [7, 11) is 1.50. The van der Waals surface area contributed by atoms with E-state index in [4.69, 9.17) is 21.4 Å². The number of nitrogens with zero attached hydrogens (tertiary/aromatic N) is 2. The molecule has 2 N–H and O–H groups in total. The first-order valence-corrected chi connectivity index (χ1v) is 13.2. The van der Waals surface area contributed by atoms with E-state index in [1.807, 2.05) is 30.3 Å². The molecule has 0 unspecified atom stereocenters. The van der Waals surface area contributed by atoms with Crippen LogP contribution in [0.15, 0.2) is 68.0 Å². The molecule has 1 heterocycles. The Morgan fingerprint density at radius 2 is 1.81 bits per heavy atom. The number of rotatable bonds is 7. The zero-order valence-corrected chi connectivity index (χ0v) is 23.9. The van der Waals surface area contributed by atoms with Gasteiger partial charge >= 0.3 is 0 Å².